The normalized spacial score (nSPS) is 23.2. The molecule has 0 amide bonds. The van der Waals surface area contributed by atoms with Crippen LogP contribution in [-0.2, 0) is 6.18 Å². The standard InChI is InChI=1S/C16H16F3N5/c1-10-20-6-5-14(21-10)23-8-11-7-12(9-23)24(11)15-4-2-3-13(22-15)16(17,18)19/h2-6,11-12H,7-9H2,1H3. The van der Waals surface area contributed by atoms with Gasteiger partial charge in [-0.15, -0.1) is 0 Å². The van der Waals surface area contributed by atoms with Gasteiger partial charge in [0.15, 0.2) is 0 Å². The van der Waals surface area contributed by atoms with Crippen LogP contribution in [0.3, 0.4) is 0 Å². The number of piperidine rings is 1. The molecular weight excluding hydrogens is 319 g/mol. The predicted octanol–water partition coefficient (Wildman–Crippen LogP) is 2.67. The molecule has 0 saturated carbocycles. The number of pyridine rings is 1. The van der Waals surface area contributed by atoms with Gasteiger partial charge in [-0.05, 0) is 31.5 Å². The number of halogens is 3. The molecule has 2 aromatic heterocycles. The maximum absolute atomic E-state index is 12.9. The maximum Gasteiger partial charge on any atom is 0.433 e. The monoisotopic (exact) mass is 335 g/mol. The van der Waals surface area contributed by atoms with E-state index >= 15 is 0 Å². The molecule has 3 saturated heterocycles. The molecule has 2 bridgehead atoms. The minimum atomic E-state index is -4.42. The molecule has 3 aliphatic heterocycles. The summed E-state index contributed by atoms with van der Waals surface area (Å²) in [7, 11) is 0. The highest BCUT2D eigenvalue weighted by molar-refractivity contribution is 5.52. The van der Waals surface area contributed by atoms with E-state index in [9.17, 15) is 13.2 Å². The third-order valence-electron chi connectivity index (χ3n) is 4.57. The second kappa shape index (κ2) is 5.32. The molecule has 0 aromatic carbocycles. The largest absolute Gasteiger partial charge is 0.433 e. The average Bonchev–Trinajstić information content (AvgIpc) is 2.54. The molecule has 0 spiro atoms. The predicted molar refractivity (Wildman–Crippen MR) is 82.9 cm³/mol. The molecule has 24 heavy (non-hydrogen) atoms. The molecule has 0 N–H and O–H groups in total. The lowest BCUT2D eigenvalue weighted by Crippen LogP contribution is -2.69. The first-order valence-electron chi connectivity index (χ1n) is 7.79. The second-order valence-electron chi connectivity index (χ2n) is 6.20. The fraction of sp³-hybridized carbons (Fsp3) is 0.438. The molecule has 2 unspecified atom stereocenters. The number of alkyl halides is 3. The van der Waals surface area contributed by atoms with E-state index in [1.807, 2.05) is 17.9 Å². The molecular formula is C16H16F3N5. The van der Waals surface area contributed by atoms with Crippen molar-refractivity contribution in [3.8, 4) is 0 Å². The van der Waals surface area contributed by atoms with Crippen molar-refractivity contribution >= 4 is 11.6 Å². The molecule has 0 radical (unpaired) electrons. The van der Waals surface area contributed by atoms with Crippen LogP contribution in [0.15, 0.2) is 30.5 Å². The summed E-state index contributed by atoms with van der Waals surface area (Å²) < 4.78 is 38.6. The average molecular weight is 335 g/mol. The summed E-state index contributed by atoms with van der Waals surface area (Å²) in [5.74, 6) is 1.99. The lowest BCUT2D eigenvalue weighted by Gasteiger charge is -2.57. The zero-order chi connectivity index (χ0) is 16.9. The molecule has 5 heterocycles. The Hall–Kier alpha value is -2.38. The van der Waals surface area contributed by atoms with Crippen LogP contribution in [-0.4, -0.2) is 40.1 Å². The summed E-state index contributed by atoms with van der Waals surface area (Å²) in [5, 5.41) is 0. The van der Waals surface area contributed by atoms with Gasteiger partial charge in [0, 0.05) is 19.3 Å². The van der Waals surface area contributed by atoms with Gasteiger partial charge in [-0.1, -0.05) is 6.07 Å². The minimum absolute atomic E-state index is 0.162. The van der Waals surface area contributed by atoms with E-state index in [1.165, 1.54) is 6.07 Å². The van der Waals surface area contributed by atoms with Gasteiger partial charge in [0.25, 0.3) is 0 Å². The Morgan fingerprint density at radius 1 is 1.04 bits per heavy atom. The number of piperazine rings is 1. The summed E-state index contributed by atoms with van der Waals surface area (Å²) in [6, 6.07) is 6.27. The number of hydrogen-bond donors (Lipinski definition) is 0. The maximum atomic E-state index is 12.9. The van der Waals surface area contributed by atoms with Crippen LogP contribution in [0.1, 0.15) is 17.9 Å². The summed E-state index contributed by atoms with van der Waals surface area (Å²) in [6.07, 6.45) is -1.72. The summed E-state index contributed by atoms with van der Waals surface area (Å²) in [4.78, 5) is 16.5. The highest BCUT2D eigenvalue weighted by Gasteiger charge is 2.46. The topological polar surface area (TPSA) is 45.2 Å². The van der Waals surface area contributed by atoms with Gasteiger partial charge in [-0.25, -0.2) is 15.0 Å². The van der Waals surface area contributed by atoms with Crippen LogP contribution in [0, 0.1) is 6.92 Å². The van der Waals surface area contributed by atoms with Crippen LogP contribution in [0.25, 0.3) is 0 Å². The zero-order valence-corrected chi connectivity index (χ0v) is 13.0. The number of aryl methyl sites for hydroxylation is 1. The third kappa shape index (κ3) is 2.55. The number of nitrogens with zero attached hydrogens (tertiary/aromatic N) is 5. The van der Waals surface area contributed by atoms with E-state index in [0.29, 0.717) is 11.6 Å². The van der Waals surface area contributed by atoms with Crippen molar-refractivity contribution in [2.24, 2.45) is 0 Å². The van der Waals surface area contributed by atoms with Gasteiger partial charge >= 0.3 is 6.18 Å². The van der Waals surface area contributed by atoms with Gasteiger partial charge in [0.05, 0.1) is 12.1 Å². The first-order valence-corrected chi connectivity index (χ1v) is 7.79. The molecule has 0 aliphatic carbocycles. The number of aromatic nitrogens is 3. The molecule has 2 atom stereocenters. The summed E-state index contributed by atoms with van der Waals surface area (Å²) in [5.41, 5.74) is -0.840. The van der Waals surface area contributed by atoms with E-state index in [4.69, 9.17) is 0 Å². The van der Waals surface area contributed by atoms with Crippen molar-refractivity contribution in [2.45, 2.75) is 31.6 Å². The van der Waals surface area contributed by atoms with E-state index in [2.05, 4.69) is 19.9 Å². The van der Waals surface area contributed by atoms with Crippen molar-refractivity contribution in [1.29, 1.82) is 0 Å². The zero-order valence-electron chi connectivity index (χ0n) is 13.0. The van der Waals surface area contributed by atoms with E-state index in [-0.39, 0.29) is 12.1 Å². The second-order valence-corrected chi connectivity index (χ2v) is 6.20. The van der Waals surface area contributed by atoms with Crippen LogP contribution < -0.4 is 9.80 Å². The van der Waals surface area contributed by atoms with Crippen molar-refractivity contribution in [3.63, 3.8) is 0 Å². The lowest BCUT2D eigenvalue weighted by atomic mass is 9.87. The Morgan fingerprint density at radius 2 is 1.79 bits per heavy atom. The van der Waals surface area contributed by atoms with Gasteiger partial charge in [-0.3, -0.25) is 0 Å². The molecule has 3 fully saturated rings. The fourth-order valence-electron chi connectivity index (χ4n) is 3.52. The number of anilines is 2. The van der Waals surface area contributed by atoms with Crippen LogP contribution in [0.4, 0.5) is 24.8 Å². The van der Waals surface area contributed by atoms with Gasteiger partial charge < -0.3 is 9.80 Å². The smallest absolute Gasteiger partial charge is 0.352 e. The highest BCUT2D eigenvalue weighted by Crippen LogP contribution is 2.38. The number of hydrogen-bond acceptors (Lipinski definition) is 5. The van der Waals surface area contributed by atoms with Crippen LogP contribution in [0.2, 0.25) is 0 Å². The van der Waals surface area contributed by atoms with Crippen LogP contribution in [0.5, 0.6) is 0 Å². The van der Waals surface area contributed by atoms with Gasteiger partial charge in [0.1, 0.15) is 23.2 Å². The third-order valence-corrected chi connectivity index (χ3v) is 4.57. The Kier molecular flexibility index (Phi) is 3.36. The molecule has 126 valence electrons. The van der Waals surface area contributed by atoms with Crippen molar-refractivity contribution in [3.05, 3.63) is 42.0 Å². The van der Waals surface area contributed by atoms with E-state index in [1.54, 1.807) is 12.3 Å². The van der Waals surface area contributed by atoms with Crippen molar-refractivity contribution < 1.29 is 13.2 Å². The van der Waals surface area contributed by atoms with Gasteiger partial charge in [0.2, 0.25) is 0 Å². The first-order chi connectivity index (χ1) is 11.4. The Balaban J connectivity index is 1.54. The van der Waals surface area contributed by atoms with Crippen LogP contribution >= 0.6 is 0 Å². The number of fused-ring (bicyclic) bond motifs is 2. The first kappa shape index (κ1) is 15.2. The summed E-state index contributed by atoms with van der Waals surface area (Å²) in [6.45, 7) is 3.29. The van der Waals surface area contributed by atoms with E-state index < -0.39 is 11.9 Å². The Morgan fingerprint density at radius 3 is 2.46 bits per heavy atom. The van der Waals surface area contributed by atoms with E-state index in [0.717, 1.165) is 31.4 Å². The highest BCUT2D eigenvalue weighted by atomic mass is 19.4. The molecule has 5 nitrogen and oxygen atoms in total. The summed E-state index contributed by atoms with van der Waals surface area (Å²) >= 11 is 0. The quantitative estimate of drug-likeness (QED) is 0.844. The van der Waals surface area contributed by atoms with Crippen molar-refractivity contribution in [1.82, 2.24) is 15.0 Å². The SMILES string of the molecule is Cc1nccc(N2CC3CC(C2)N3c2cccc(C(F)(F)F)n2)n1. The lowest BCUT2D eigenvalue weighted by molar-refractivity contribution is -0.141. The molecule has 8 heteroatoms. The molecule has 5 rings (SSSR count). The minimum Gasteiger partial charge on any atom is -0.352 e. The molecule has 3 aliphatic rings. The molecule has 2 aromatic rings. The van der Waals surface area contributed by atoms with Gasteiger partial charge in [-0.2, -0.15) is 13.2 Å². The fourth-order valence-corrected chi connectivity index (χ4v) is 3.52. The Bertz CT molecular complexity index is 751. The Labute approximate surface area is 137 Å². The van der Waals surface area contributed by atoms with Crippen molar-refractivity contribution in [2.75, 3.05) is 22.9 Å². The number of rotatable bonds is 2.